The summed E-state index contributed by atoms with van der Waals surface area (Å²) in [4.78, 5) is 26.7. The van der Waals surface area contributed by atoms with Crippen LogP contribution in [0.3, 0.4) is 0 Å². The van der Waals surface area contributed by atoms with Crippen LogP contribution in [0.5, 0.6) is 5.75 Å². The summed E-state index contributed by atoms with van der Waals surface area (Å²) < 4.78 is 5.72. The SMILES string of the molecule is CC(Oc1ccc(C#N)cc1)C(=O)N1CCC(NC(=O)CCc2ccccc2)CC1. The zero-order chi connectivity index (χ0) is 21.3. The van der Waals surface area contributed by atoms with E-state index < -0.39 is 6.10 Å². The molecule has 156 valence electrons. The standard InChI is InChI=1S/C24H27N3O3/c1-18(30-22-10-7-20(17-25)8-11-22)24(29)27-15-13-21(14-16-27)26-23(28)12-9-19-5-3-2-4-6-19/h2-8,10-11,18,21H,9,12-16H2,1H3,(H,26,28). The fourth-order valence-corrected chi connectivity index (χ4v) is 3.57. The zero-order valence-electron chi connectivity index (χ0n) is 17.2. The van der Waals surface area contributed by atoms with Crippen molar-refractivity contribution in [1.82, 2.24) is 10.2 Å². The largest absolute Gasteiger partial charge is 0.481 e. The van der Waals surface area contributed by atoms with Crippen LogP contribution < -0.4 is 10.1 Å². The molecule has 2 aromatic carbocycles. The predicted octanol–water partition coefficient (Wildman–Crippen LogP) is 3.07. The molecule has 0 radical (unpaired) electrons. The molecule has 30 heavy (non-hydrogen) atoms. The molecule has 2 aromatic rings. The van der Waals surface area contributed by atoms with Crippen LogP contribution in [0.4, 0.5) is 0 Å². The van der Waals surface area contributed by atoms with E-state index in [9.17, 15) is 9.59 Å². The molecule has 0 aromatic heterocycles. The Morgan fingerprint density at radius 2 is 1.80 bits per heavy atom. The lowest BCUT2D eigenvalue weighted by atomic mass is 10.0. The lowest BCUT2D eigenvalue weighted by molar-refractivity contribution is -0.139. The highest BCUT2D eigenvalue weighted by atomic mass is 16.5. The quantitative estimate of drug-likeness (QED) is 0.767. The van der Waals surface area contributed by atoms with Gasteiger partial charge in [0.05, 0.1) is 11.6 Å². The van der Waals surface area contributed by atoms with Gasteiger partial charge in [-0.1, -0.05) is 30.3 Å². The highest BCUT2D eigenvalue weighted by molar-refractivity contribution is 5.81. The fraction of sp³-hybridized carbons (Fsp3) is 0.375. The molecule has 1 heterocycles. The number of carbonyl (C=O) groups is 2. The minimum atomic E-state index is -0.602. The first-order valence-corrected chi connectivity index (χ1v) is 10.3. The first-order chi connectivity index (χ1) is 14.5. The Morgan fingerprint density at radius 3 is 2.43 bits per heavy atom. The Kier molecular flexibility index (Phi) is 7.45. The Morgan fingerprint density at radius 1 is 1.13 bits per heavy atom. The second kappa shape index (κ2) is 10.4. The molecule has 1 saturated heterocycles. The lowest BCUT2D eigenvalue weighted by Gasteiger charge is -2.33. The van der Waals surface area contributed by atoms with Crippen LogP contribution in [0.1, 0.15) is 37.3 Å². The van der Waals surface area contributed by atoms with Gasteiger partial charge in [-0.25, -0.2) is 0 Å². The minimum Gasteiger partial charge on any atom is -0.481 e. The van der Waals surface area contributed by atoms with Gasteiger partial charge in [-0.3, -0.25) is 9.59 Å². The summed E-state index contributed by atoms with van der Waals surface area (Å²) in [5.41, 5.74) is 1.71. The summed E-state index contributed by atoms with van der Waals surface area (Å²) in [6.07, 6.45) is 2.08. The van der Waals surface area contributed by atoms with Crippen molar-refractivity contribution in [3.05, 3.63) is 65.7 Å². The number of nitriles is 1. The van der Waals surface area contributed by atoms with Gasteiger partial charge in [-0.2, -0.15) is 5.26 Å². The monoisotopic (exact) mass is 405 g/mol. The van der Waals surface area contributed by atoms with Crippen molar-refractivity contribution < 1.29 is 14.3 Å². The number of piperidine rings is 1. The topological polar surface area (TPSA) is 82.4 Å². The van der Waals surface area contributed by atoms with Crippen molar-refractivity contribution in [3.63, 3.8) is 0 Å². The van der Waals surface area contributed by atoms with Crippen LogP contribution in [-0.2, 0) is 16.0 Å². The molecule has 2 amide bonds. The second-order valence-electron chi connectivity index (χ2n) is 7.55. The maximum atomic E-state index is 12.7. The molecule has 0 aliphatic carbocycles. The highest BCUT2D eigenvalue weighted by Crippen LogP contribution is 2.17. The van der Waals surface area contributed by atoms with Gasteiger partial charge in [0.2, 0.25) is 5.91 Å². The summed E-state index contributed by atoms with van der Waals surface area (Å²) >= 11 is 0. The molecule has 1 fully saturated rings. The number of rotatable bonds is 7. The van der Waals surface area contributed by atoms with E-state index in [2.05, 4.69) is 11.4 Å². The van der Waals surface area contributed by atoms with E-state index in [1.807, 2.05) is 30.3 Å². The van der Waals surface area contributed by atoms with Gasteiger partial charge in [0.25, 0.3) is 5.91 Å². The average molecular weight is 405 g/mol. The van der Waals surface area contributed by atoms with E-state index in [-0.39, 0.29) is 17.9 Å². The van der Waals surface area contributed by atoms with E-state index in [1.165, 1.54) is 0 Å². The summed E-state index contributed by atoms with van der Waals surface area (Å²) in [5.74, 6) is 0.560. The molecule has 1 aliphatic heterocycles. The van der Waals surface area contributed by atoms with E-state index in [1.54, 1.807) is 36.1 Å². The van der Waals surface area contributed by atoms with Crippen LogP contribution in [0.25, 0.3) is 0 Å². The molecule has 3 rings (SSSR count). The molecule has 0 saturated carbocycles. The molecule has 1 atom stereocenters. The highest BCUT2D eigenvalue weighted by Gasteiger charge is 2.27. The van der Waals surface area contributed by atoms with Crippen LogP contribution in [0.15, 0.2) is 54.6 Å². The number of aryl methyl sites for hydroxylation is 1. The van der Waals surface area contributed by atoms with Gasteiger partial charge in [-0.05, 0) is 56.0 Å². The Labute approximate surface area is 177 Å². The Hall–Kier alpha value is -3.33. The number of nitrogens with one attached hydrogen (secondary N) is 1. The van der Waals surface area contributed by atoms with Crippen molar-refractivity contribution >= 4 is 11.8 Å². The number of nitrogens with zero attached hydrogens (tertiary/aromatic N) is 2. The Bertz CT molecular complexity index is 882. The van der Waals surface area contributed by atoms with Gasteiger partial charge in [0, 0.05) is 25.6 Å². The van der Waals surface area contributed by atoms with Crippen LogP contribution >= 0.6 is 0 Å². The second-order valence-corrected chi connectivity index (χ2v) is 7.55. The average Bonchev–Trinajstić information content (AvgIpc) is 2.79. The minimum absolute atomic E-state index is 0.0566. The van der Waals surface area contributed by atoms with Crippen molar-refractivity contribution in [3.8, 4) is 11.8 Å². The number of hydrogen-bond acceptors (Lipinski definition) is 4. The van der Waals surface area contributed by atoms with Gasteiger partial charge in [0.15, 0.2) is 6.10 Å². The van der Waals surface area contributed by atoms with E-state index in [0.29, 0.717) is 30.8 Å². The molecular weight excluding hydrogens is 378 g/mol. The van der Waals surface area contributed by atoms with Gasteiger partial charge in [-0.15, -0.1) is 0 Å². The van der Waals surface area contributed by atoms with Crippen LogP contribution in [0.2, 0.25) is 0 Å². The number of amides is 2. The summed E-state index contributed by atoms with van der Waals surface area (Å²) in [7, 11) is 0. The normalized spacial score (nSPS) is 15.1. The van der Waals surface area contributed by atoms with Crippen molar-refractivity contribution in [1.29, 1.82) is 5.26 Å². The summed E-state index contributed by atoms with van der Waals surface area (Å²) in [6, 6.07) is 18.9. The van der Waals surface area contributed by atoms with Crippen LogP contribution in [0, 0.1) is 11.3 Å². The third kappa shape index (κ3) is 6.08. The summed E-state index contributed by atoms with van der Waals surface area (Å²) in [6.45, 7) is 2.94. The fourth-order valence-electron chi connectivity index (χ4n) is 3.57. The molecule has 0 bridgehead atoms. The van der Waals surface area contributed by atoms with Gasteiger partial charge < -0.3 is 15.0 Å². The number of carbonyl (C=O) groups excluding carboxylic acids is 2. The Balaban J connectivity index is 1.40. The van der Waals surface area contributed by atoms with Crippen molar-refractivity contribution in [2.75, 3.05) is 13.1 Å². The predicted molar refractivity (Wildman–Crippen MR) is 114 cm³/mol. The van der Waals surface area contributed by atoms with E-state index in [4.69, 9.17) is 10.00 Å². The molecule has 1 N–H and O–H groups in total. The lowest BCUT2D eigenvalue weighted by Crippen LogP contribution is -2.49. The molecule has 1 aliphatic rings. The van der Waals surface area contributed by atoms with E-state index >= 15 is 0 Å². The molecule has 0 spiro atoms. The van der Waals surface area contributed by atoms with Gasteiger partial charge in [0.1, 0.15) is 5.75 Å². The number of likely N-dealkylation sites (tertiary alicyclic amines) is 1. The molecule has 6 heteroatoms. The third-order valence-electron chi connectivity index (χ3n) is 5.30. The maximum absolute atomic E-state index is 12.7. The van der Waals surface area contributed by atoms with Crippen molar-refractivity contribution in [2.45, 2.75) is 44.8 Å². The first kappa shape index (κ1) is 21.4. The number of benzene rings is 2. The third-order valence-corrected chi connectivity index (χ3v) is 5.30. The molecule has 1 unspecified atom stereocenters. The maximum Gasteiger partial charge on any atom is 0.263 e. The smallest absolute Gasteiger partial charge is 0.263 e. The zero-order valence-corrected chi connectivity index (χ0v) is 17.2. The summed E-state index contributed by atoms with van der Waals surface area (Å²) in [5, 5.41) is 11.9. The number of ether oxygens (including phenoxy) is 1. The number of hydrogen-bond donors (Lipinski definition) is 1. The van der Waals surface area contributed by atoms with Crippen molar-refractivity contribution in [2.24, 2.45) is 0 Å². The molecular formula is C24H27N3O3. The van der Waals surface area contributed by atoms with Crippen LogP contribution in [-0.4, -0.2) is 41.9 Å². The molecule has 6 nitrogen and oxygen atoms in total. The van der Waals surface area contributed by atoms with E-state index in [0.717, 1.165) is 24.8 Å². The first-order valence-electron chi connectivity index (χ1n) is 10.3. The van der Waals surface area contributed by atoms with Gasteiger partial charge >= 0.3 is 0 Å².